The van der Waals surface area contributed by atoms with Crippen molar-refractivity contribution >= 4 is 31.9 Å². The van der Waals surface area contributed by atoms with Gasteiger partial charge in [0.25, 0.3) is 0 Å². The molecule has 0 bridgehead atoms. The van der Waals surface area contributed by atoms with Crippen LogP contribution in [0.1, 0.15) is 0 Å². The first-order chi connectivity index (χ1) is 7.45. The van der Waals surface area contributed by atoms with Crippen LogP contribution in [0.25, 0.3) is 0 Å². The van der Waals surface area contributed by atoms with Gasteiger partial charge in [-0.25, -0.2) is 19.0 Å². The number of halogens is 1. The van der Waals surface area contributed by atoms with Gasteiger partial charge in [0.2, 0.25) is 15.9 Å². The number of hydrogen-bond donors (Lipinski definition) is 3. The lowest BCUT2D eigenvalue weighted by Crippen LogP contribution is -2.40. The van der Waals surface area contributed by atoms with Crippen LogP contribution in [-0.2, 0) is 14.8 Å². The van der Waals surface area contributed by atoms with E-state index in [0.717, 1.165) is 4.47 Å². The third-order valence-electron chi connectivity index (χ3n) is 1.71. The van der Waals surface area contributed by atoms with Gasteiger partial charge in [0.05, 0.1) is 11.4 Å². The number of benzene rings is 1. The Kier molecular flexibility index (Phi) is 4.42. The SMILES string of the molecule is NNC(=O)CNS(=O)(=O)c1ccc(Br)cc1. The minimum absolute atomic E-state index is 0.0838. The second kappa shape index (κ2) is 5.39. The summed E-state index contributed by atoms with van der Waals surface area (Å²) >= 11 is 3.19. The summed E-state index contributed by atoms with van der Waals surface area (Å²) in [7, 11) is -3.67. The Labute approximate surface area is 101 Å². The second-order valence-corrected chi connectivity index (χ2v) is 5.53. The normalized spacial score (nSPS) is 11.1. The van der Waals surface area contributed by atoms with Gasteiger partial charge in [0.1, 0.15) is 0 Å². The van der Waals surface area contributed by atoms with Gasteiger partial charge >= 0.3 is 0 Å². The molecule has 0 saturated carbocycles. The molecule has 0 fully saturated rings. The standard InChI is InChI=1S/C8H10BrN3O3S/c9-6-1-3-7(4-2-6)16(14,15)11-5-8(13)12-10/h1-4,11H,5,10H2,(H,12,13). The van der Waals surface area contributed by atoms with Crippen molar-refractivity contribution in [2.75, 3.05) is 6.54 Å². The van der Waals surface area contributed by atoms with Gasteiger partial charge in [0.15, 0.2) is 0 Å². The number of hydrazine groups is 1. The van der Waals surface area contributed by atoms with Crippen LogP contribution in [0.5, 0.6) is 0 Å². The average Bonchev–Trinajstić information content (AvgIpc) is 2.26. The summed E-state index contributed by atoms with van der Waals surface area (Å²) in [4.78, 5) is 10.9. The van der Waals surface area contributed by atoms with Crippen LogP contribution in [0.15, 0.2) is 33.6 Å². The largest absolute Gasteiger partial charge is 0.293 e. The summed E-state index contributed by atoms with van der Waals surface area (Å²) in [6.45, 7) is -0.394. The van der Waals surface area contributed by atoms with Gasteiger partial charge in [0, 0.05) is 4.47 Å². The quantitative estimate of drug-likeness (QED) is 0.404. The number of amides is 1. The Bertz CT molecular complexity index is 472. The van der Waals surface area contributed by atoms with Crippen LogP contribution in [0, 0.1) is 0 Å². The maximum Gasteiger partial charge on any atom is 0.248 e. The minimum atomic E-state index is -3.67. The summed E-state index contributed by atoms with van der Waals surface area (Å²) in [6, 6.07) is 6.04. The molecule has 4 N–H and O–H groups in total. The minimum Gasteiger partial charge on any atom is -0.293 e. The molecular weight excluding hydrogens is 298 g/mol. The Morgan fingerprint density at radius 2 is 1.88 bits per heavy atom. The predicted molar refractivity (Wildman–Crippen MR) is 61.7 cm³/mol. The van der Waals surface area contributed by atoms with E-state index in [1.54, 1.807) is 12.1 Å². The third kappa shape index (κ3) is 3.56. The zero-order valence-corrected chi connectivity index (χ0v) is 10.5. The zero-order valence-electron chi connectivity index (χ0n) is 8.10. The Hall–Kier alpha value is -0.960. The summed E-state index contributed by atoms with van der Waals surface area (Å²) in [5.41, 5.74) is 1.82. The maximum absolute atomic E-state index is 11.6. The number of nitrogens with one attached hydrogen (secondary N) is 2. The fraction of sp³-hybridized carbons (Fsp3) is 0.125. The summed E-state index contributed by atoms with van der Waals surface area (Å²) < 4.78 is 26.1. The summed E-state index contributed by atoms with van der Waals surface area (Å²) in [5, 5.41) is 0. The van der Waals surface area contributed by atoms with Gasteiger partial charge < -0.3 is 0 Å². The van der Waals surface area contributed by atoms with E-state index in [2.05, 4.69) is 20.7 Å². The van der Waals surface area contributed by atoms with Crippen molar-refractivity contribution < 1.29 is 13.2 Å². The van der Waals surface area contributed by atoms with E-state index in [1.165, 1.54) is 12.1 Å². The highest BCUT2D eigenvalue weighted by Gasteiger charge is 2.14. The molecule has 1 amide bonds. The topological polar surface area (TPSA) is 101 Å². The molecule has 1 rings (SSSR count). The van der Waals surface area contributed by atoms with Gasteiger partial charge in [-0.15, -0.1) is 0 Å². The first-order valence-corrected chi connectivity index (χ1v) is 6.48. The molecule has 1 aromatic carbocycles. The average molecular weight is 308 g/mol. The van der Waals surface area contributed by atoms with Crippen LogP contribution in [-0.4, -0.2) is 20.9 Å². The summed E-state index contributed by atoms with van der Waals surface area (Å²) in [5.74, 6) is 4.21. The monoisotopic (exact) mass is 307 g/mol. The zero-order chi connectivity index (χ0) is 12.2. The number of rotatable bonds is 4. The predicted octanol–water partition coefficient (Wildman–Crippen LogP) is -0.283. The van der Waals surface area contributed by atoms with Crippen LogP contribution < -0.4 is 16.0 Å². The molecular formula is C8H10BrN3O3S. The molecule has 0 atom stereocenters. The molecule has 88 valence electrons. The van der Waals surface area contributed by atoms with Crippen molar-refractivity contribution in [1.29, 1.82) is 0 Å². The van der Waals surface area contributed by atoms with Crippen molar-refractivity contribution in [2.45, 2.75) is 4.90 Å². The molecule has 0 aliphatic heterocycles. The van der Waals surface area contributed by atoms with E-state index in [0.29, 0.717) is 0 Å². The van der Waals surface area contributed by atoms with E-state index in [-0.39, 0.29) is 4.90 Å². The van der Waals surface area contributed by atoms with Crippen LogP contribution in [0.4, 0.5) is 0 Å². The molecule has 0 spiro atoms. The molecule has 6 nitrogen and oxygen atoms in total. The molecule has 1 aromatic rings. The van der Waals surface area contributed by atoms with Crippen LogP contribution in [0.3, 0.4) is 0 Å². The summed E-state index contributed by atoms with van der Waals surface area (Å²) in [6.07, 6.45) is 0. The van der Waals surface area contributed by atoms with E-state index in [1.807, 2.05) is 5.43 Å². The number of carbonyl (C=O) groups excluding carboxylic acids is 1. The fourth-order valence-corrected chi connectivity index (χ4v) is 2.16. The number of hydrogen-bond acceptors (Lipinski definition) is 4. The molecule has 0 unspecified atom stereocenters. The highest BCUT2D eigenvalue weighted by atomic mass is 79.9. The van der Waals surface area contributed by atoms with Gasteiger partial charge in [-0.05, 0) is 24.3 Å². The molecule has 0 saturated heterocycles. The maximum atomic E-state index is 11.6. The Balaban J connectivity index is 2.78. The van der Waals surface area contributed by atoms with Gasteiger partial charge in [-0.1, -0.05) is 15.9 Å². The van der Waals surface area contributed by atoms with Crippen molar-refractivity contribution in [2.24, 2.45) is 5.84 Å². The molecule has 0 aliphatic carbocycles. The Morgan fingerprint density at radius 3 is 2.38 bits per heavy atom. The molecule has 16 heavy (non-hydrogen) atoms. The first-order valence-electron chi connectivity index (χ1n) is 4.20. The lowest BCUT2D eigenvalue weighted by Gasteiger charge is -2.05. The van der Waals surface area contributed by atoms with E-state index in [9.17, 15) is 13.2 Å². The molecule has 8 heteroatoms. The van der Waals surface area contributed by atoms with Gasteiger partial charge in [-0.3, -0.25) is 10.2 Å². The van der Waals surface area contributed by atoms with Gasteiger partial charge in [-0.2, -0.15) is 0 Å². The first kappa shape index (κ1) is 13.1. The number of nitrogens with two attached hydrogens (primary N) is 1. The van der Waals surface area contributed by atoms with E-state index < -0.39 is 22.5 Å². The lowest BCUT2D eigenvalue weighted by atomic mass is 10.4. The molecule has 0 aliphatic rings. The third-order valence-corrected chi connectivity index (χ3v) is 3.65. The second-order valence-electron chi connectivity index (χ2n) is 2.85. The fourth-order valence-electron chi connectivity index (χ4n) is 0.909. The highest BCUT2D eigenvalue weighted by molar-refractivity contribution is 9.10. The van der Waals surface area contributed by atoms with Crippen molar-refractivity contribution in [3.63, 3.8) is 0 Å². The van der Waals surface area contributed by atoms with Crippen molar-refractivity contribution in [1.82, 2.24) is 10.1 Å². The molecule has 0 radical (unpaired) electrons. The van der Waals surface area contributed by atoms with E-state index in [4.69, 9.17) is 5.84 Å². The number of carbonyl (C=O) groups is 1. The molecule has 0 heterocycles. The van der Waals surface area contributed by atoms with Crippen molar-refractivity contribution in [3.8, 4) is 0 Å². The van der Waals surface area contributed by atoms with Crippen LogP contribution >= 0.6 is 15.9 Å². The highest BCUT2D eigenvalue weighted by Crippen LogP contribution is 2.14. The smallest absolute Gasteiger partial charge is 0.248 e. The lowest BCUT2D eigenvalue weighted by molar-refractivity contribution is -0.120. The molecule has 0 aromatic heterocycles. The number of sulfonamides is 1. The Morgan fingerprint density at radius 1 is 1.31 bits per heavy atom. The van der Waals surface area contributed by atoms with Crippen LogP contribution in [0.2, 0.25) is 0 Å². The van der Waals surface area contributed by atoms with Crippen molar-refractivity contribution in [3.05, 3.63) is 28.7 Å². The van der Waals surface area contributed by atoms with E-state index >= 15 is 0 Å².